The lowest BCUT2D eigenvalue weighted by atomic mass is 10.1. The normalized spacial score (nSPS) is 21.6. The van der Waals surface area contributed by atoms with Crippen molar-refractivity contribution in [1.29, 1.82) is 0 Å². The van der Waals surface area contributed by atoms with Gasteiger partial charge in [0, 0.05) is 6.42 Å². The van der Waals surface area contributed by atoms with E-state index in [1.807, 2.05) is 4.57 Å². The molecule has 3 nitrogen and oxygen atoms in total. The number of halogens is 1. The van der Waals surface area contributed by atoms with Gasteiger partial charge in [0.15, 0.2) is 0 Å². The molecular formula is C9H14ClN3. The topological polar surface area (TPSA) is 43.8 Å². The van der Waals surface area contributed by atoms with Gasteiger partial charge in [-0.15, -0.1) is 0 Å². The molecule has 72 valence electrons. The van der Waals surface area contributed by atoms with Crippen LogP contribution < -0.4 is 5.73 Å². The smallest absolute Gasteiger partial charge is 0.133 e. The minimum Gasteiger partial charge on any atom is -0.311 e. The number of aromatic nitrogens is 2. The Morgan fingerprint density at radius 1 is 1.69 bits per heavy atom. The van der Waals surface area contributed by atoms with E-state index in [1.54, 1.807) is 0 Å². The van der Waals surface area contributed by atoms with Crippen LogP contribution in [-0.2, 0) is 12.8 Å². The summed E-state index contributed by atoms with van der Waals surface area (Å²) in [5.74, 6) is 1.06. The first-order chi connectivity index (χ1) is 6.24. The molecule has 1 aromatic rings. The maximum absolute atomic E-state index is 6.16. The van der Waals surface area contributed by atoms with Crippen LogP contribution >= 0.6 is 11.6 Å². The van der Waals surface area contributed by atoms with E-state index >= 15 is 0 Å². The Hall–Kier alpha value is -0.540. The number of fused-ring (bicyclic) bond motifs is 1. The number of nitrogens with two attached hydrogens (primary N) is 1. The molecule has 13 heavy (non-hydrogen) atoms. The highest BCUT2D eigenvalue weighted by Crippen LogP contribution is 2.28. The molecule has 0 amide bonds. The van der Waals surface area contributed by atoms with Crippen molar-refractivity contribution in [2.75, 3.05) is 0 Å². The van der Waals surface area contributed by atoms with Gasteiger partial charge < -0.3 is 10.3 Å². The van der Waals surface area contributed by atoms with Gasteiger partial charge in [0.25, 0.3) is 0 Å². The fourth-order valence-electron chi connectivity index (χ4n) is 1.84. The van der Waals surface area contributed by atoms with Crippen LogP contribution in [-0.4, -0.2) is 9.55 Å². The zero-order valence-corrected chi connectivity index (χ0v) is 8.51. The lowest BCUT2D eigenvalue weighted by Gasteiger charge is -2.21. The molecule has 0 bridgehead atoms. The molecule has 2 heterocycles. The first kappa shape index (κ1) is 9.03. The van der Waals surface area contributed by atoms with Crippen LogP contribution in [0.5, 0.6) is 0 Å². The van der Waals surface area contributed by atoms with E-state index in [4.69, 9.17) is 17.3 Å². The highest BCUT2D eigenvalue weighted by Gasteiger charge is 2.22. The lowest BCUT2D eigenvalue weighted by Crippen LogP contribution is -2.24. The van der Waals surface area contributed by atoms with Crippen molar-refractivity contribution >= 4 is 11.6 Å². The van der Waals surface area contributed by atoms with E-state index < -0.39 is 0 Å². The van der Waals surface area contributed by atoms with Gasteiger partial charge in [-0.25, -0.2) is 4.98 Å². The van der Waals surface area contributed by atoms with Crippen molar-refractivity contribution in [2.24, 2.45) is 5.73 Å². The first-order valence-electron chi connectivity index (χ1n) is 4.75. The first-order valence-corrected chi connectivity index (χ1v) is 5.13. The number of hydrogen-bond acceptors (Lipinski definition) is 2. The van der Waals surface area contributed by atoms with Crippen molar-refractivity contribution in [2.45, 2.75) is 38.8 Å². The van der Waals surface area contributed by atoms with Gasteiger partial charge in [-0.05, 0) is 19.3 Å². The van der Waals surface area contributed by atoms with Crippen molar-refractivity contribution in [3.8, 4) is 0 Å². The molecule has 0 fully saturated rings. The number of rotatable bonds is 1. The van der Waals surface area contributed by atoms with Gasteiger partial charge in [-0.2, -0.15) is 0 Å². The number of hydrogen-bond donors (Lipinski definition) is 1. The maximum atomic E-state index is 6.16. The van der Waals surface area contributed by atoms with Crippen molar-refractivity contribution in [3.63, 3.8) is 0 Å². The Balaban J connectivity index is 2.49. The third-order valence-electron chi connectivity index (χ3n) is 2.56. The average molecular weight is 200 g/mol. The van der Waals surface area contributed by atoms with Gasteiger partial charge >= 0.3 is 0 Å². The average Bonchev–Trinajstić information content (AvgIpc) is 2.44. The summed E-state index contributed by atoms with van der Waals surface area (Å²) in [6.07, 6.45) is 4.05. The molecule has 0 radical (unpaired) electrons. The third kappa shape index (κ3) is 1.36. The van der Waals surface area contributed by atoms with Crippen LogP contribution in [0.3, 0.4) is 0 Å². The van der Waals surface area contributed by atoms with Gasteiger partial charge in [-0.3, -0.25) is 0 Å². The van der Waals surface area contributed by atoms with Crippen LogP contribution in [0.2, 0.25) is 5.15 Å². The summed E-state index contributed by atoms with van der Waals surface area (Å²) in [5.41, 5.74) is 6.93. The molecule has 1 aliphatic heterocycles. The fourth-order valence-corrected chi connectivity index (χ4v) is 2.24. The second kappa shape index (κ2) is 3.31. The molecular weight excluding hydrogens is 186 g/mol. The van der Waals surface area contributed by atoms with E-state index in [0.29, 0.717) is 0 Å². The monoisotopic (exact) mass is 199 g/mol. The van der Waals surface area contributed by atoms with Gasteiger partial charge in [-0.1, -0.05) is 18.5 Å². The van der Waals surface area contributed by atoms with Crippen molar-refractivity contribution in [3.05, 3.63) is 16.7 Å². The predicted octanol–water partition coefficient (Wildman–Crippen LogP) is 1.89. The second-order valence-corrected chi connectivity index (χ2v) is 3.81. The van der Waals surface area contributed by atoms with Crippen LogP contribution in [0, 0.1) is 0 Å². The number of aryl methyl sites for hydroxylation is 2. The molecule has 0 spiro atoms. The highest BCUT2D eigenvalue weighted by molar-refractivity contribution is 6.30. The Kier molecular flexibility index (Phi) is 2.30. The minimum absolute atomic E-state index is 0.0315. The zero-order chi connectivity index (χ0) is 9.42. The van der Waals surface area contributed by atoms with Crippen molar-refractivity contribution < 1.29 is 0 Å². The van der Waals surface area contributed by atoms with Gasteiger partial charge in [0.05, 0.1) is 11.9 Å². The van der Waals surface area contributed by atoms with Gasteiger partial charge in [0.2, 0.25) is 0 Å². The van der Waals surface area contributed by atoms with E-state index in [9.17, 15) is 0 Å². The Labute approximate surface area is 82.9 Å². The summed E-state index contributed by atoms with van der Waals surface area (Å²) in [6, 6.07) is 0. The lowest BCUT2D eigenvalue weighted by molar-refractivity contribution is 0.409. The van der Waals surface area contributed by atoms with E-state index in [1.165, 1.54) is 0 Å². The second-order valence-electron chi connectivity index (χ2n) is 3.45. The highest BCUT2D eigenvalue weighted by atomic mass is 35.5. The van der Waals surface area contributed by atoms with E-state index in [2.05, 4.69) is 11.9 Å². The standard InChI is InChI=1S/C9H14ClN3/c1-2-6-9(10)13-7(11)4-3-5-8(13)12-6/h7H,2-5,11H2,1H3. The zero-order valence-electron chi connectivity index (χ0n) is 7.76. The van der Waals surface area contributed by atoms with Crippen molar-refractivity contribution in [1.82, 2.24) is 9.55 Å². The van der Waals surface area contributed by atoms with Crippen LogP contribution in [0.1, 0.15) is 37.4 Å². The molecule has 1 aliphatic rings. The van der Waals surface area contributed by atoms with Crippen LogP contribution in [0.25, 0.3) is 0 Å². The Morgan fingerprint density at radius 2 is 2.46 bits per heavy atom. The predicted molar refractivity (Wildman–Crippen MR) is 52.8 cm³/mol. The van der Waals surface area contributed by atoms with E-state index in [-0.39, 0.29) is 6.17 Å². The van der Waals surface area contributed by atoms with Crippen LogP contribution in [0.4, 0.5) is 0 Å². The summed E-state index contributed by atoms with van der Waals surface area (Å²) < 4.78 is 1.98. The Morgan fingerprint density at radius 3 is 3.08 bits per heavy atom. The van der Waals surface area contributed by atoms with E-state index in [0.717, 1.165) is 42.4 Å². The maximum Gasteiger partial charge on any atom is 0.133 e. The molecule has 1 atom stereocenters. The molecule has 0 aliphatic carbocycles. The summed E-state index contributed by atoms with van der Waals surface area (Å²) in [5, 5.41) is 0.740. The fraction of sp³-hybridized carbons (Fsp3) is 0.667. The summed E-state index contributed by atoms with van der Waals surface area (Å²) in [6.45, 7) is 2.06. The molecule has 1 unspecified atom stereocenters. The molecule has 0 saturated carbocycles. The molecule has 2 rings (SSSR count). The molecule has 1 aromatic heterocycles. The largest absolute Gasteiger partial charge is 0.311 e. The molecule has 4 heteroatoms. The summed E-state index contributed by atoms with van der Waals surface area (Å²) >= 11 is 6.16. The SMILES string of the molecule is CCc1nc2n(c1Cl)C(N)CCC2. The number of nitrogens with zero attached hydrogens (tertiary/aromatic N) is 2. The minimum atomic E-state index is 0.0315. The van der Waals surface area contributed by atoms with Gasteiger partial charge in [0.1, 0.15) is 11.0 Å². The summed E-state index contributed by atoms with van der Waals surface area (Å²) in [4.78, 5) is 4.47. The quantitative estimate of drug-likeness (QED) is 0.751. The van der Waals surface area contributed by atoms with Crippen LogP contribution in [0.15, 0.2) is 0 Å². The summed E-state index contributed by atoms with van der Waals surface area (Å²) in [7, 11) is 0. The Bertz CT molecular complexity index is 319. The molecule has 0 saturated heterocycles. The number of imidazole rings is 1. The third-order valence-corrected chi connectivity index (χ3v) is 2.96. The molecule has 2 N–H and O–H groups in total. The molecule has 0 aromatic carbocycles.